The number of benzene rings is 2. The third kappa shape index (κ3) is 2.85. The number of hydrogen-bond acceptors (Lipinski definition) is 5. The second-order valence-corrected chi connectivity index (χ2v) is 7.96. The fraction of sp³-hybridized carbons (Fsp3) is 0.250. The number of Topliss-reactive ketones (excluding diaryl/α,β-unsaturated/α-hetero) is 1. The number of phenols is 1. The Kier molecular flexibility index (Phi) is 4.05. The molecule has 0 unspecified atom stereocenters. The summed E-state index contributed by atoms with van der Waals surface area (Å²) in [6.45, 7) is 3.97. The highest BCUT2D eigenvalue weighted by Gasteiger charge is 2.41. The zero-order valence-corrected chi connectivity index (χ0v) is 16.4. The maximum Gasteiger partial charge on any atom is 0.233 e. The summed E-state index contributed by atoms with van der Waals surface area (Å²) < 4.78 is 5.56. The highest BCUT2D eigenvalue weighted by Crippen LogP contribution is 2.49. The first-order chi connectivity index (χ1) is 14.0. The smallest absolute Gasteiger partial charge is 0.233 e. The molecule has 0 saturated heterocycles. The molecule has 3 aromatic rings. The number of para-hydroxylation sites is 1. The summed E-state index contributed by atoms with van der Waals surface area (Å²) in [5, 5.41) is 17.8. The monoisotopic (exact) mass is 386 g/mol. The molecule has 0 fully saturated rings. The zero-order chi connectivity index (χ0) is 20.1. The van der Waals surface area contributed by atoms with E-state index in [1.165, 1.54) is 0 Å². The quantitative estimate of drug-likeness (QED) is 0.651. The van der Waals surface area contributed by atoms with Gasteiger partial charge < -0.3 is 14.9 Å². The van der Waals surface area contributed by atoms with Gasteiger partial charge in [-0.1, -0.05) is 53.2 Å². The lowest BCUT2D eigenvalue weighted by Crippen LogP contribution is -2.29. The second kappa shape index (κ2) is 6.62. The van der Waals surface area contributed by atoms with Crippen LogP contribution in [-0.2, 0) is 4.79 Å². The fourth-order valence-electron chi connectivity index (χ4n) is 4.71. The Hall–Kier alpha value is -3.34. The Balaban J connectivity index is 1.64. The number of rotatable bonds is 2. The number of ketones is 1. The summed E-state index contributed by atoms with van der Waals surface area (Å²) in [6.07, 6.45) is 1.01. The minimum absolute atomic E-state index is 0.0707. The molecule has 0 spiro atoms. The highest BCUT2D eigenvalue weighted by molar-refractivity contribution is 6.01. The molecule has 0 saturated carbocycles. The van der Waals surface area contributed by atoms with Crippen molar-refractivity contribution in [2.45, 2.75) is 38.5 Å². The van der Waals surface area contributed by atoms with Crippen LogP contribution in [0, 0.1) is 13.8 Å². The predicted octanol–water partition coefficient (Wildman–Crippen LogP) is 4.96. The minimum Gasteiger partial charge on any atom is -0.508 e. The van der Waals surface area contributed by atoms with Gasteiger partial charge in [0, 0.05) is 29.5 Å². The topological polar surface area (TPSA) is 75.4 Å². The van der Waals surface area contributed by atoms with E-state index in [0.29, 0.717) is 18.7 Å². The van der Waals surface area contributed by atoms with Gasteiger partial charge in [0.1, 0.15) is 5.75 Å². The van der Waals surface area contributed by atoms with Gasteiger partial charge in [0.2, 0.25) is 5.88 Å². The van der Waals surface area contributed by atoms with Crippen LogP contribution in [0.1, 0.15) is 52.6 Å². The molecule has 1 aliphatic carbocycles. The van der Waals surface area contributed by atoms with Crippen molar-refractivity contribution in [2.75, 3.05) is 5.32 Å². The second-order valence-electron chi connectivity index (χ2n) is 7.96. The summed E-state index contributed by atoms with van der Waals surface area (Å²) in [5.74, 6) is 0.684. The predicted molar refractivity (Wildman–Crippen MR) is 110 cm³/mol. The number of hydrogen-bond donors (Lipinski definition) is 2. The summed E-state index contributed by atoms with van der Waals surface area (Å²) in [7, 11) is 0. The number of nitrogens with zero attached hydrogens (tertiary/aromatic N) is 1. The molecule has 1 aromatic heterocycles. The lowest BCUT2D eigenvalue weighted by Gasteiger charge is -2.34. The molecule has 0 bridgehead atoms. The van der Waals surface area contributed by atoms with E-state index in [-0.39, 0.29) is 23.4 Å². The first kappa shape index (κ1) is 17.7. The van der Waals surface area contributed by atoms with Gasteiger partial charge in [-0.25, -0.2) is 0 Å². The molecule has 2 aliphatic rings. The SMILES string of the molecule is Cc1cccc([C@@H]2C3=C(C[C@H](c4ccccc4O)CC3=O)Nc3onc(C)c32)c1. The number of aryl methyl sites for hydroxylation is 2. The molecule has 146 valence electrons. The number of nitrogens with one attached hydrogen (secondary N) is 1. The van der Waals surface area contributed by atoms with Crippen molar-refractivity contribution >= 4 is 11.7 Å². The zero-order valence-electron chi connectivity index (χ0n) is 16.4. The van der Waals surface area contributed by atoms with Crippen molar-refractivity contribution in [1.82, 2.24) is 5.16 Å². The molecule has 5 nitrogen and oxygen atoms in total. The van der Waals surface area contributed by atoms with Crippen LogP contribution in [0.4, 0.5) is 5.88 Å². The molecule has 2 heterocycles. The van der Waals surface area contributed by atoms with E-state index in [9.17, 15) is 9.90 Å². The standard InChI is InChI=1S/C24H22N2O3/c1-13-6-5-7-15(10-13)22-21-14(2)26-29-24(21)25-18-11-16(12-20(28)23(18)22)17-8-3-4-9-19(17)27/h3-10,16,22,25,27H,11-12H2,1-2H3/t16-,22-/m0/s1. The van der Waals surface area contributed by atoms with Crippen LogP contribution >= 0.6 is 0 Å². The number of aromatic nitrogens is 1. The first-order valence-electron chi connectivity index (χ1n) is 9.87. The molecule has 2 atom stereocenters. The van der Waals surface area contributed by atoms with Crippen LogP contribution in [-0.4, -0.2) is 16.0 Å². The molecule has 5 heteroatoms. The van der Waals surface area contributed by atoms with E-state index in [4.69, 9.17) is 4.52 Å². The van der Waals surface area contributed by atoms with Crippen LogP contribution < -0.4 is 5.32 Å². The van der Waals surface area contributed by atoms with Crippen LogP contribution in [0.15, 0.2) is 64.3 Å². The van der Waals surface area contributed by atoms with Gasteiger partial charge in [-0.15, -0.1) is 0 Å². The van der Waals surface area contributed by atoms with Crippen LogP contribution in [0.2, 0.25) is 0 Å². The Morgan fingerprint density at radius 3 is 2.72 bits per heavy atom. The van der Waals surface area contributed by atoms with Gasteiger partial charge in [-0.3, -0.25) is 4.79 Å². The molecule has 2 N–H and O–H groups in total. The summed E-state index contributed by atoms with van der Waals surface area (Å²) in [5.41, 5.74) is 6.41. The van der Waals surface area contributed by atoms with E-state index in [1.54, 1.807) is 12.1 Å². The molecule has 0 amide bonds. The number of anilines is 1. The highest BCUT2D eigenvalue weighted by atomic mass is 16.5. The minimum atomic E-state index is -0.190. The first-order valence-corrected chi connectivity index (χ1v) is 9.87. The van der Waals surface area contributed by atoms with Gasteiger partial charge in [0.25, 0.3) is 0 Å². The number of fused-ring (bicyclic) bond motifs is 1. The van der Waals surface area contributed by atoms with Gasteiger partial charge in [0.15, 0.2) is 5.78 Å². The van der Waals surface area contributed by atoms with E-state index in [2.05, 4.69) is 35.6 Å². The average molecular weight is 386 g/mol. The number of phenolic OH excluding ortho intramolecular Hbond substituents is 1. The fourth-order valence-corrected chi connectivity index (χ4v) is 4.71. The van der Waals surface area contributed by atoms with Crippen LogP contribution in [0.3, 0.4) is 0 Å². The normalized spacial score (nSPS) is 20.8. The van der Waals surface area contributed by atoms with Crippen molar-refractivity contribution in [3.63, 3.8) is 0 Å². The third-order valence-corrected chi connectivity index (χ3v) is 6.01. The Morgan fingerprint density at radius 1 is 1.10 bits per heavy atom. The molecule has 29 heavy (non-hydrogen) atoms. The number of carbonyl (C=O) groups is 1. The Labute approximate surface area is 169 Å². The van der Waals surface area contributed by atoms with Crippen molar-refractivity contribution in [1.29, 1.82) is 0 Å². The van der Waals surface area contributed by atoms with Crippen LogP contribution in [0.25, 0.3) is 0 Å². The maximum absolute atomic E-state index is 13.4. The largest absolute Gasteiger partial charge is 0.508 e. The molecule has 0 radical (unpaired) electrons. The van der Waals surface area contributed by atoms with Gasteiger partial charge in [-0.05, 0) is 37.5 Å². The van der Waals surface area contributed by atoms with Gasteiger partial charge in [-0.2, -0.15) is 0 Å². The molecule has 5 rings (SSSR count). The lowest BCUT2D eigenvalue weighted by atomic mass is 9.72. The molecular formula is C24H22N2O3. The van der Waals surface area contributed by atoms with Crippen molar-refractivity contribution in [3.8, 4) is 5.75 Å². The molecule has 1 aliphatic heterocycles. The Morgan fingerprint density at radius 2 is 1.93 bits per heavy atom. The molecular weight excluding hydrogens is 364 g/mol. The maximum atomic E-state index is 13.4. The van der Waals surface area contributed by atoms with E-state index in [1.807, 2.05) is 25.1 Å². The Bertz CT molecular complexity index is 1160. The van der Waals surface area contributed by atoms with E-state index >= 15 is 0 Å². The lowest BCUT2D eigenvalue weighted by molar-refractivity contribution is -0.116. The number of aromatic hydroxyl groups is 1. The van der Waals surface area contributed by atoms with Crippen molar-refractivity contribution in [2.24, 2.45) is 0 Å². The van der Waals surface area contributed by atoms with Crippen molar-refractivity contribution < 1.29 is 14.4 Å². The van der Waals surface area contributed by atoms with E-state index in [0.717, 1.165) is 39.2 Å². The number of allylic oxidation sites excluding steroid dienone is 2. The average Bonchev–Trinajstić information content (AvgIpc) is 3.07. The van der Waals surface area contributed by atoms with Crippen LogP contribution in [0.5, 0.6) is 5.75 Å². The van der Waals surface area contributed by atoms with E-state index < -0.39 is 0 Å². The van der Waals surface area contributed by atoms with Gasteiger partial charge in [0.05, 0.1) is 11.3 Å². The van der Waals surface area contributed by atoms with Gasteiger partial charge >= 0.3 is 0 Å². The van der Waals surface area contributed by atoms with Crippen molar-refractivity contribution in [3.05, 3.63) is 87.7 Å². The number of carbonyl (C=O) groups excluding carboxylic acids is 1. The molecule has 2 aromatic carbocycles. The third-order valence-electron chi connectivity index (χ3n) is 6.01. The summed E-state index contributed by atoms with van der Waals surface area (Å²) >= 11 is 0. The summed E-state index contributed by atoms with van der Waals surface area (Å²) in [4.78, 5) is 13.4. The summed E-state index contributed by atoms with van der Waals surface area (Å²) in [6, 6.07) is 15.5.